The maximum absolute atomic E-state index is 11.8. The van der Waals surface area contributed by atoms with Crippen molar-refractivity contribution >= 4 is 18.1 Å². The molecular formula is C17H19NO4. The van der Waals surface area contributed by atoms with Crippen LogP contribution in [-0.2, 0) is 4.74 Å². The summed E-state index contributed by atoms with van der Waals surface area (Å²) in [6.45, 7) is 7.30. The molecule has 1 heterocycles. The van der Waals surface area contributed by atoms with Gasteiger partial charge >= 0.3 is 6.09 Å². The summed E-state index contributed by atoms with van der Waals surface area (Å²) >= 11 is 0. The van der Waals surface area contributed by atoms with Gasteiger partial charge in [0.05, 0.1) is 0 Å². The fourth-order valence-corrected chi connectivity index (χ4v) is 1.94. The molecule has 0 unspecified atom stereocenters. The van der Waals surface area contributed by atoms with Crippen molar-refractivity contribution in [2.24, 2.45) is 0 Å². The first kappa shape index (κ1) is 15.8. The van der Waals surface area contributed by atoms with Gasteiger partial charge in [0.25, 0.3) is 0 Å². The summed E-state index contributed by atoms with van der Waals surface area (Å²) < 4.78 is 10.6. The van der Waals surface area contributed by atoms with Crippen molar-refractivity contribution in [1.82, 2.24) is 0 Å². The Kier molecular flexibility index (Phi) is 4.35. The molecule has 116 valence electrons. The summed E-state index contributed by atoms with van der Waals surface area (Å²) in [7, 11) is 0. The molecule has 5 heteroatoms. The number of hydrogen-bond donors (Lipinski definition) is 1. The van der Waals surface area contributed by atoms with Crippen LogP contribution >= 0.6 is 0 Å². The lowest BCUT2D eigenvalue weighted by molar-refractivity contribution is 0.0635. The van der Waals surface area contributed by atoms with E-state index in [0.717, 1.165) is 11.1 Å². The van der Waals surface area contributed by atoms with E-state index in [0.29, 0.717) is 17.7 Å². The number of aryl methyl sites for hydroxylation is 1. The van der Waals surface area contributed by atoms with Gasteiger partial charge in [0.1, 0.15) is 11.4 Å². The average Bonchev–Trinajstić information content (AvgIpc) is 2.87. The first-order valence-corrected chi connectivity index (χ1v) is 6.94. The molecule has 2 aromatic rings. The Morgan fingerprint density at radius 3 is 2.50 bits per heavy atom. The van der Waals surface area contributed by atoms with Crippen molar-refractivity contribution in [2.75, 3.05) is 5.32 Å². The normalized spacial score (nSPS) is 11.1. The molecule has 0 saturated carbocycles. The molecule has 0 atom stereocenters. The standard InChI is InChI=1S/C17H19NO4/c1-11-9-12(15-8-6-13(10-19)21-15)5-7-14(11)18-16(20)22-17(2,3)4/h5-10H,1-4H3,(H,18,20). The molecule has 0 saturated heterocycles. The fraction of sp³-hybridized carbons (Fsp3) is 0.294. The van der Waals surface area contributed by atoms with E-state index in [1.807, 2.05) is 39.8 Å². The van der Waals surface area contributed by atoms with Crippen molar-refractivity contribution in [3.8, 4) is 11.3 Å². The van der Waals surface area contributed by atoms with Crippen LogP contribution in [0.15, 0.2) is 34.7 Å². The minimum absolute atomic E-state index is 0.281. The maximum atomic E-state index is 11.8. The molecule has 0 aliphatic rings. The van der Waals surface area contributed by atoms with Crippen molar-refractivity contribution in [3.05, 3.63) is 41.7 Å². The number of anilines is 1. The zero-order valence-corrected chi connectivity index (χ0v) is 13.1. The third-order valence-electron chi connectivity index (χ3n) is 2.89. The zero-order chi connectivity index (χ0) is 16.3. The van der Waals surface area contributed by atoms with E-state index < -0.39 is 11.7 Å². The Hall–Kier alpha value is -2.56. The van der Waals surface area contributed by atoms with E-state index in [-0.39, 0.29) is 5.76 Å². The zero-order valence-electron chi connectivity index (χ0n) is 13.1. The first-order valence-electron chi connectivity index (χ1n) is 6.94. The number of aldehydes is 1. The highest BCUT2D eigenvalue weighted by atomic mass is 16.6. The van der Waals surface area contributed by atoms with Gasteiger partial charge in [-0.05, 0) is 63.6 Å². The van der Waals surface area contributed by atoms with Crippen molar-refractivity contribution in [2.45, 2.75) is 33.3 Å². The molecule has 1 N–H and O–H groups in total. The van der Waals surface area contributed by atoms with Gasteiger partial charge < -0.3 is 9.15 Å². The molecule has 0 bridgehead atoms. The van der Waals surface area contributed by atoms with Crippen molar-refractivity contribution in [3.63, 3.8) is 0 Å². The van der Waals surface area contributed by atoms with Crippen LogP contribution in [0.25, 0.3) is 11.3 Å². The maximum Gasteiger partial charge on any atom is 0.412 e. The molecule has 0 aliphatic heterocycles. The first-order chi connectivity index (χ1) is 10.3. The predicted octanol–water partition coefficient (Wildman–Crippen LogP) is 4.41. The fourth-order valence-electron chi connectivity index (χ4n) is 1.94. The highest BCUT2D eigenvalue weighted by Gasteiger charge is 2.17. The summed E-state index contributed by atoms with van der Waals surface area (Å²) in [4.78, 5) is 22.4. The third-order valence-corrected chi connectivity index (χ3v) is 2.89. The van der Waals surface area contributed by atoms with Gasteiger partial charge in [0.2, 0.25) is 0 Å². The monoisotopic (exact) mass is 301 g/mol. The van der Waals surface area contributed by atoms with Crippen LogP contribution in [-0.4, -0.2) is 18.0 Å². The number of furan rings is 1. The lowest BCUT2D eigenvalue weighted by Crippen LogP contribution is -2.27. The summed E-state index contributed by atoms with van der Waals surface area (Å²) in [6.07, 6.45) is 0.166. The lowest BCUT2D eigenvalue weighted by atomic mass is 10.1. The predicted molar refractivity (Wildman–Crippen MR) is 84.1 cm³/mol. The highest BCUT2D eigenvalue weighted by Crippen LogP contribution is 2.26. The second-order valence-corrected chi connectivity index (χ2v) is 5.98. The number of carbonyl (C=O) groups is 2. The number of carbonyl (C=O) groups excluding carboxylic acids is 2. The minimum Gasteiger partial charge on any atom is -0.453 e. The molecule has 1 aromatic carbocycles. The molecule has 0 fully saturated rings. The molecule has 0 spiro atoms. The number of ether oxygens (including phenoxy) is 1. The van der Waals surface area contributed by atoms with Crippen LogP contribution in [0.4, 0.5) is 10.5 Å². The molecule has 5 nitrogen and oxygen atoms in total. The summed E-state index contributed by atoms with van der Waals surface area (Å²) in [6, 6.07) is 8.81. The number of amides is 1. The van der Waals surface area contributed by atoms with E-state index >= 15 is 0 Å². The van der Waals surface area contributed by atoms with E-state index in [1.54, 1.807) is 18.2 Å². The van der Waals surface area contributed by atoms with Crippen LogP contribution in [0.3, 0.4) is 0 Å². The van der Waals surface area contributed by atoms with Crippen LogP contribution in [0.1, 0.15) is 36.9 Å². The molecule has 1 amide bonds. The third kappa shape index (κ3) is 3.97. The highest BCUT2D eigenvalue weighted by molar-refractivity contribution is 5.86. The van der Waals surface area contributed by atoms with Crippen molar-refractivity contribution in [1.29, 1.82) is 0 Å². The van der Waals surface area contributed by atoms with Crippen LogP contribution in [0.5, 0.6) is 0 Å². The SMILES string of the molecule is Cc1cc(-c2ccc(C=O)o2)ccc1NC(=O)OC(C)(C)C. The summed E-state index contributed by atoms with van der Waals surface area (Å²) in [5.41, 5.74) is 1.82. The molecule has 1 aromatic heterocycles. The average molecular weight is 301 g/mol. The van der Waals surface area contributed by atoms with Gasteiger partial charge in [0.15, 0.2) is 12.0 Å². The smallest absolute Gasteiger partial charge is 0.412 e. The number of nitrogens with one attached hydrogen (secondary N) is 1. The Bertz CT molecular complexity index is 695. The van der Waals surface area contributed by atoms with Gasteiger partial charge in [0, 0.05) is 11.3 Å². The van der Waals surface area contributed by atoms with Crippen molar-refractivity contribution < 1.29 is 18.7 Å². The van der Waals surface area contributed by atoms with Crippen LogP contribution < -0.4 is 5.32 Å². The van der Waals surface area contributed by atoms with Gasteiger partial charge in [-0.3, -0.25) is 10.1 Å². The molecule has 0 radical (unpaired) electrons. The topological polar surface area (TPSA) is 68.5 Å². The van der Waals surface area contributed by atoms with Gasteiger partial charge in [-0.25, -0.2) is 4.79 Å². The Balaban J connectivity index is 2.16. The number of benzene rings is 1. The van der Waals surface area contributed by atoms with Gasteiger partial charge in [-0.2, -0.15) is 0 Å². The second kappa shape index (κ2) is 6.05. The Labute approximate surface area is 129 Å². The Morgan fingerprint density at radius 2 is 1.95 bits per heavy atom. The quantitative estimate of drug-likeness (QED) is 0.852. The molecular weight excluding hydrogens is 282 g/mol. The summed E-state index contributed by atoms with van der Waals surface area (Å²) in [5.74, 6) is 0.887. The van der Waals surface area contributed by atoms with E-state index in [1.165, 1.54) is 0 Å². The minimum atomic E-state index is -0.544. The molecule has 22 heavy (non-hydrogen) atoms. The van der Waals surface area contributed by atoms with E-state index in [4.69, 9.17) is 9.15 Å². The molecule has 0 aliphatic carbocycles. The van der Waals surface area contributed by atoms with Crippen LogP contribution in [0, 0.1) is 6.92 Å². The summed E-state index contributed by atoms with van der Waals surface area (Å²) in [5, 5.41) is 2.71. The second-order valence-electron chi connectivity index (χ2n) is 5.98. The van der Waals surface area contributed by atoms with Gasteiger partial charge in [-0.15, -0.1) is 0 Å². The van der Waals surface area contributed by atoms with E-state index in [2.05, 4.69) is 5.32 Å². The largest absolute Gasteiger partial charge is 0.453 e. The Morgan fingerprint density at radius 1 is 1.23 bits per heavy atom. The van der Waals surface area contributed by atoms with Crippen LogP contribution in [0.2, 0.25) is 0 Å². The molecule has 2 rings (SSSR count). The van der Waals surface area contributed by atoms with E-state index in [9.17, 15) is 9.59 Å². The number of rotatable bonds is 3. The number of hydrogen-bond acceptors (Lipinski definition) is 4. The van der Waals surface area contributed by atoms with Gasteiger partial charge in [-0.1, -0.05) is 0 Å². The lowest BCUT2D eigenvalue weighted by Gasteiger charge is -2.20.